The molecule has 0 aromatic heterocycles. The van der Waals surface area contributed by atoms with E-state index in [9.17, 15) is 37.9 Å². The van der Waals surface area contributed by atoms with Crippen LogP contribution in [-0.4, -0.2) is 96.0 Å². The Balaban J connectivity index is 2.36. The number of hydrogen-bond donors (Lipinski definition) is 4. The van der Waals surface area contributed by atoms with Gasteiger partial charge in [0.05, 0.1) is 6.61 Å². The molecule has 1 aliphatic heterocycles. The third kappa shape index (κ3) is 34.1. The molecule has 0 aliphatic carbocycles. The van der Waals surface area contributed by atoms with Crippen molar-refractivity contribution in [1.29, 1.82) is 0 Å². The highest BCUT2D eigenvalue weighted by molar-refractivity contribution is 7.85. The Bertz CT molecular complexity index is 1150. The number of carbonyl (C=O) groups is 2. The number of carbonyl (C=O) groups excluding carboxylic acids is 2. The van der Waals surface area contributed by atoms with Crippen molar-refractivity contribution < 1.29 is 56.8 Å². The van der Waals surface area contributed by atoms with Crippen molar-refractivity contribution in [2.75, 3.05) is 19.0 Å². The molecule has 12 nitrogen and oxygen atoms in total. The number of esters is 2. The first-order chi connectivity index (χ1) is 30.0. The van der Waals surface area contributed by atoms with Gasteiger partial charge in [0, 0.05) is 12.8 Å². The second-order valence-corrected chi connectivity index (χ2v) is 19.7. The summed E-state index contributed by atoms with van der Waals surface area (Å²) in [6, 6.07) is 0. The van der Waals surface area contributed by atoms with Crippen molar-refractivity contribution in [2.45, 2.75) is 282 Å². The summed E-state index contributed by atoms with van der Waals surface area (Å²) in [5.41, 5.74) is 0. The number of aliphatic hydroxyl groups excluding tert-OH is 3. The fourth-order valence-electron chi connectivity index (χ4n) is 8.21. The van der Waals surface area contributed by atoms with Crippen LogP contribution in [0.5, 0.6) is 0 Å². The van der Waals surface area contributed by atoms with Crippen molar-refractivity contribution in [3.63, 3.8) is 0 Å². The Kier molecular flexibility index (Phi) is 37.8. The van der Waals surface area contributed by atoms with E-state index in [2.05, 4.69) is 13.8 Å². The number of unbranched alkanes of at least 4 members (excludes halogenated alkanes) is 32. The summed E-state index contributed by atoms with van der Waals surface area (Å²) >= 11 is 0. The first kappa shape index (κ1) is 58.7. The van der Waals surface area contributed by atoms with Crippen molar-refractivity contribution in [3.05, 3.63) is 0 Å². The smallest absolute Gasteiger partial charge is 0.306 e. The van der Waals surface area contributed by atoms with Crippen LogP contribution in [0.2, 0.25) is 0 Å². The van der Waals surface area contributed by atoms with Crippen molar-refractivity contribution in [2.24, 2.45) is 0 Å². The summed E-state index contributed by atoms with van der Waals surface area (Å²) in [7, 11) is -4.60. The molecule has 1 aliphatic rings. The molecule has 368 valence electrons. The van der Waals surface area contributed by atoms with Gasteiger partial charge in [0.15, 0.2) is 12.4 Å². The third-order valence-corrected chi connectivity index (χ3v) is 12.9. The largest absolute Gasteiger partial charge is 0.462 e. The summed E-state index contributed by atoms with van der Waals surface area (Å²) < 4.78 is 54.2. The van der Waals surface area contributed by atoms with Crippen molar-refractivity contribution in [3.8, 4) is 0 Å². The van der Waals surface area contributed by atoms with Gasteiger partial charge in [0.25, 0.3) is 10.1 Å². The quantitative estimate of drug-likeness (QED) is 0.0258. The highest BCUT2D eigenvalue weighted by atomic mass is 32.2. The summed E-state index contributed by atoms with van der Waals surface area (Å²) in [5.74, 6) is -1.96. The van der Waals surface area contributed by atoms with Crippen LogP contribution in [0.15, 0.2) is 0 Å². The van der Waals surface area contributed by atoms with E-state index in [0.29, 0.717) is 12.8 Å². The van der Waals surface area contributed by atoms with Crippen molar-refractivity contribution in [1.82, 2.24) is 0 Å². The van der Waals surface area contributed by atoms with Gasteiger partial charge in [0.2, 0.25) is 0 Å². The number of ether oxygens (including phenoxy) is 4. The zero-order chi connectivity index (χ0) is 45.5. The van der Waals surface area contributed by atoms with Crippen molar-refractivity contribution >= 4 is 22.1 Å². The molecule has 0 spiro atoms. The Hall–Kier alpha value is -1.35. The maximum atomic E-state index is 12.9. The molecule has 0 aromatic carbocycles. The first-order valence-electron chi connectivity index (χ1n) is 25.6. The lowest BCUT2D eigenvalue weighted by molar-refractivity contribution is -0.297. The fraction of sp³-hybridized carbons (Fsp3) is 0.959. The van der Waals surface area contributed by atoms with Crippen LogP contribution < -0.4 is 0 Å². The maximum Gasteiger partial charge on any atom is 0.306 e. The number of aliphatic hydroxyl groups is 3. The lowest BCUT2D eigenvalue weighted by atomic mass is 10.00. The lowest BCUT2D eigenvalue weighted by Crippen LogP contribution is -2.60. The topological polar surface area (TPSA) is 186 Å². The van der Waals surface area contributed by atoms with Gasteiger partial charge in [-0.25, -0.2) is 0 Å². The highest BCUT2D eigenvalue weighted by Crippen LogP contribution is 2.24. The van der Waals surface area contributed by atoms with E-state index >= 15 is 0 Å². The second kappa shape index (κ2) is 40.0. The molecule has 0 saturated carbocycles. The summed E-state index contributed by atoms with van der Waals surface area (Å²) in [6.45, 7) is 3.81. The molecule has 13 heteroatoms. The standard InChI is InChI=1S/C49H94O12S/c1-3-5-7-9-11-13-15-17-19-21-22-24-26-28-30-32-34-36-38-45(51)60-42(40-59-49-48(54)47(53)46(52)43(61-49)41-62(55,56)57)39-58-44(50)37-35-33-31-29-27-25-23-20-18-16-14-12-10-8-6-4-2/h42-43,46-49,52-54H,3-41H2,1-2H3,(H,55,56,57)/t42-,43-,46-,47?,48?,49+/m1/s1. The minimum Gasteiger partial charge on any atom is -0.462 e. The molecule has 62 heavy (non-hydrogen) atoms. The Morgan fingerprint density at radius 3 is 1.18 bits per heavy atom. The SMILES string of the molecule is CCCCCCCCCCCCCCCCCCCCC(=O)O[C@H](COC(=O)CCCCCCCCCCCCCCCCCC)CO[C@H]1O[C@H](CS(=O)(=O)O)[C@@H](O)C(O)C1O. The van der Waals surface area contributed by atoms with Crippen LogP contribution in [-0.2, 0) is 38.7 Å². The normalized spacial score (nSPS) is 19.7. The second-order valence-electron chi connectivity index (χ2n) is 18.2. The highest BCUT2D eigenvalue weighted by Gasteiger charge is 2.46. The molecule has 1 saturated heterocycles. The molecular formula is C49H94O12S. The van der Waals surface area contributed by atoms with Gasteiger partial charge in [-0.05, 0) is 12.8 Å². The predicted octanol–water partition coefficient (Wildman–Crippen LogP) is 11.2. The third-order valence-electron chi connectivity index (χ3n) is 12.2. The van der Waals surface area contributed by atoms with Gasteiger partial charge < -0.3 is 34.3 Å². The van der Waals surface area contributed by atoms with Crippen LogP contribution >= 0.6 is 0 Å². The summed E-state index contributed by atoms with van der Waals surface area (Å²) in [4.78, 5) is 25.5. The molecule has 0 bridgehead atoms. The monoisotopic (exact) mass is 907 g/mol. The molecule has 0 aromatic rings. The van der Waals surface area contributed by atoms with Gasteiger partial charge in [-0.3, -0.25) is 14.1 Å². The van der Waals surface area contributed by atoms with Crippen LogP contribution in [0.3, 0.4) is 0 Å². The van der Waals surface area contributed by atoms with Crippen LogP contribution in [0.4, 0.5) is 0 Å². The van der Waals surface area contributed by atoms with E-state index in [1.165, 1.54) is 167 Å². The molecule has 6 atom stereocenters. The zero-order valence-corrected chi connectivity index (χ0v) is 40.3. The average molecular weight is 907 g/mol. The Morgan fingerprint density at radius 2 is 0.823 bits per heavy atom. The minimum absolute atomic E-state index is 0.173. The van der Waals surface area contributed by atoms with E-state index in [1.807, 2.05) is 0 Å². The zero-order valence-electron chi connectivity index (χ0n) is 39.5. The maximum absolute atomic E-state index is 12.9. The molecule has 0 amide bonds. The van der Waals surface area contributed by atoms with E-state index in [4.69, 9.17) is 18.9 Å². The van der Waals surface area contributed by atoms with Gasteiger partial charge in [-0.15, -0.1) is 0 Å². The molecule has 1 heterocycles. The summed E-state index contributed by atoms with van der Waals surface area (Å²) in [5, 5.41) is 31.0. The number of rotatable bonds is 44. The molecule has 0 radical (unpaired) electrons. The van der Waals surface area contributed by atoms with E-state index in [1.54, 1.807) is 0 Å². The van der Waals surface area contributed by atoms with Crippen LogP contribution in [0, 0.1) is 0 Å². The number of hydrogen-bond acceptors (Lipinski definition) is 11. The average Bonchev–Trinajstić information content (AvgIpc) is 3.24. The van der Waals surface area contributed by atoms with Gasteiger partial charge in [-0.2, -0.15) is 8.42 Å². The molecule has 4 N–H and O–H groups in total. The fourth-order valence-corrected chi connectivity index (χ4v) is 8.90. The van der Waals surface area contributed by atoms with Crippen LogP contribution in [0.25, 0.3) is 0 Å². The predicted molar refractivity (Wildman–Crippen MR) is 247 cm³/mol. The minimum atomic E-state index is -4.60. The van der Waals surface area contributed by atoms with E-state index < -0.39 is 71.2 Å². The molecular weight excluding hydrogens is 813 g/mol. The van der Waals surface area contributed by atoms with E-state index in [0.717, 1.165) is 38.5 Å². The molecule has 1 fully saturated rings. The van der Waals surface area contributed by atoms with E-state index in [-0.39, 0.29) is 19.4 Å². The van der Waals surface area contributed by atoms with Gasteiger partial charge in [-0.1, -0.05) is 219 Å². The van der Waals surface area contributed by atoms with Gasteiger partial charge in [0.1, 0.15) is 36.8 Å². The lowest BCUT2D eigenvalue weighted by Gasteiger charge is -2.40. The summed E-state index contributed by atoms with van der Waals surface area (Å²) in [6.07, 6.45) is 32.8. The molecule has 2 unspecified atom stereocenters. The van der Waals surface area contributed by atoms with Crippen LogP contribution in [0.1, 0.15) is 245 Å². The van der Waals surface area contributed by atoms with Gasteiger partial charge >= 0.3 is 11.9 Å². The Morgan fingerprint density at radius 1 is 0.484 bits per heavy atom. The Labute approximate surface area is 378 Å². The molecule has 1 rings (SSSR count). The first-order valence-corrected chi connectivity index (χ1v) is 27.2.